The summed E-state index contributed by atoms with van der Waals surface area (Å²) in [7, 11) is 0. The van der Waals surface area contributed by atoms with Crippen LogP contribution in [0.3, 0.4) is 0 Å². The highest BCUT2D eigenvalue weighted by molar-refractivity contribution is 5.96. The van der Waals surface area contributed by atoms with Crippen LogP contribution in [0.4, 0.5) is 0 Å². The second-order valence-electron chi connectivity index (χ2n) is 13.5. The Kier molecular flexibility index (Phi) is 12.0. The lowest BCUT2D eigenvalue weighted by atomic mass is 10.00. The molecule has 0 aliphatic carbocycles. The maximum absolute atomic E-state index is 14.1. The van der Waals surface area contributed by atoms with Crippen molar-refractivity contribution >= 4 is 40.4 Å². The van der Waals surface area contributed by atoms with Gasteiger partial charge in [0, 0.05) is 35.6 Å². The molecule has 258 valence electrons. The molecule has 1 saturated heterocycles. The molecule has 0 radical (unpaired) electrons. The number of aryl methyl sites for hydroxylation is 3. The number of hydrogen-bond donors (Lipinski definition) is 5. The van der Waals surface area contributed by atoms with E-state index in [2.05, 4.69) is 26.3 Å². The lowest BCUT2D eigenvalue weighted by molar-refractivity contribution is -0.137. The van der Waals surface area contributed by atoms with Crippen LogP contribution in [-0.4, -0.2) is 76.7 Å². The Balaban J connectivity index is 1.68. The Morgan fingerprint density at radius 2 is 1.50 bits per heavy atom. The summed E-state index contributed by atoms with van der Waals surface area (Å²) in [5.41, 5.74) is 5.68. The summed E-state index contributed by atoms with van der Waals surface area (Å²) in [6, 6.07) is 10.1. The van der Waals surface area contributed by atoms with E-state index in [0.29, 0.717) is 12.8 Å². The van der Waals surface area contributed by atoms with E-state index in [-0.39, 0.29) is 37.8 Å². The van der Waals surface area contributed by atoms with E-state index in [4.69, 9.17) is 0 Å². The van der Waals surface area contributed by atoms with Crippen LogP contribution in [0.25, 0.3) is 10.9 Å². The summed E-state index contributed by atoms with van der Waals surface area (Å²) < 4.78 is 0. The summed E-state index contributed by atoms with van der Waals surface area (Å²) >= 11 is 0. The number of rotatable bonds is 7. The molecule has 1 aromatic heterocycles. The summed E-state index contributed by atoms with van der Waals surface area (Å²) in [5, 5.41) is 12.4. The van der Waals surface area contributed by atoms with Gasteiger partial charge < -0.3 is 31.2 Å². The molecule has 2 heterocycles. The van der Waals surface area contributed by atoms with Crippen molar-refractivity contribution in [2.75, 3.05) is 13.1 Å². The molecule has 1 aliphatic rings. The van der Waals surface area contributed by atoms with Gasteiger partial charge in [0.15, 0.2) is 0 Å². The van der Waals surface area contributed by atoms with Crippen molar-refractivity contribution in [1.82, 2.24) is 31.2 Å². The van der Waals surface area contributed by atoms with Crippen LogP contribution in [0.2, 0.25) is 0 Å². The number of amides is 5. The first-order chi connectivity index (χ1) is 22.8. The third-order valence-corrected chi connectivity index (χ3v) is 9.01. The third kappa shape index (κ3) is 9.02. The van der Waals surface area contributed by atoms with Crippen molar-refractivity contribution in [1.29, 1.82) is 0 Å². The molecule has 11 heteroatoms. The number of hydrogen-bond acceptors (Lipinski definition) is 5. The quantitative estimate of drug-likeness (QED) is 0.264. The van der Waals surface area contributed by atoms with Crippen LogP contribution < -0.4 is 21.3 Å². The van der Waals surface area contributed by atoms with E-state index < -0.39 is 47.8 Å². The zero-order valence-corrected chi connectivity index (χ0v) is 29.2. The zero-order valence-electron chi connectivity index (χ0n) is 29.2. The van der Waals surface area contributed by atoms with E-state index in [1.54, 1.807) is 6.92 Å². The first-order valence-electron chi connectivity index (χ1n) is 16.9. The number of nitrogens with zero attached hydrogens (tertiary/aromatic N) is 1. The molecule has 3 aromatic rings. The topological polar surface area (TPSA) is 152 Å². The van der Waals surface area contributed by atoms with Gasteiger partial charge >= 0.3 is 0 Å². The number of aromatic nitrogens is 1. The average molecular weight is 659 g/mol. The van der Waals surface area contributed by atoms with E-state index >= 15 is 0 Å². The van der Waals surface area contributed by atoms with Gasteiger partial charge in [0.25, 0.3) is 0 Å². The third-order valence-electron chi connectivity index (χ3n) is 9.01. The monoisotopic (exact) mass is 658 g/mol. The normalized spacial score (nSPS) is 21.6. The number of H-pyrrole nitrogens is 1. The van der Waals surface area contributed by atoms with Gasteiger partial charge in [-0.3, -0.25) is 24.0 Å². The van der Waals surface area contributed by atoms with Crippen LogP contribution in [0.1, 0.15) is 68.5 Å². The largest absolute Gasteiger partial charge is 0.358 e. The van der Waals surface area contributed by atoms with Gasteiger partial charge in [0.05, 0.1) is 13.0 Å². The van der Waals surface area contributed by atoms with Crippen molar-refractivity contribution in [3.63, 3.8) is 0 Å². The first-order valence-corrected chi connectivity index (χ1v) is 16.9. The number of aromatic amines is 1. The summed E-state index contributed by atoms with van der Waals surface area (Å²) in [5.74, 6) is -2.16. The second kappa shape index (κ2) is 16.0. The average Bonchev–Trinajstić information content (AvgIpc) is 3.37. The lowest BCUT2D eigenvalue weighted by Gasteiger charge is -2.29. The number of nitrogens with one attached hydrogen (secondary N) is 5. The number of carbonyl (C=O) groups excluding carboxylic acids is 5. The van der Waals surface area contributed by atoms with Crippen LogP contribution in [-0.2, 0) is 36.8 Å². The van der Waals surface area contributed by atoms with E-state index in [1.807, 2.05) is 84.0 Å². The maximum atomic E-state index is 14.1. The fourth-order valence-corrected chi connectivity index (χ4v) is 6.25. The van der Waals surface area contributed by atoms with Crippen molar-refractivity contribution in [2.45, 2.75) is 98.3 Å². The highest BCUT2D eigenvalue weighted by Crippen LogP contribution is 2.29. The van der Waals surface area contributed by atoms with Gasteiger partial charge in [-0.25, -0.2) is 0 Å². The molecule has 0 saturated carbocycles. The Hall–Kier alpha value is -4.67. The zero-order chi connectivity index (χ0) is 35.1. The Morgan fingerprint density at radius 3 is 2.17 bits per heavy atom. The Bertz CT molecular complexity index is 1650. The van der Waals surface area contributed by atoms with E-state index in [1.165, 1.54) is 4.90 Å². The lowest BCUT2D eigenvalue weighted by Crippen LogP contribution is -2.57. The second-order valence-corrected chi connectivity index (χ2v) is 13.5. The smallest absolute Gasteiger partial charge is 0.243 e. The first kappa shape index (κ1) is 36.2. The van der Waals surface area contributed by atoms with Crippen LogP contribution in [0.15, 0.2) is 42.5 Å². The van der Waals surface area contributed by atoms with Crippen molar-refractivity contribution in [3.05, 3.63) is 70.4 Å². The molecule has 5 N–H and O–H groups in total. The number of carbonyl (C=O) groups is 5. The van der Waals surface area contributed by atoms with E-state index in [9.17, 15) is 24.0 Å². The van der Waals surface area contributed by atoms with Gasteiger partial charge in [-0.05, 0) is 68.7 Å². The molecule has 2 aromatic carbocycles. The SMILES string of the molecule is CC[C@H]1CN(C(=O)Cc2c(C)[nH]c3c(C)ccc(C)c23)CC(=O)N[C@H](C)C(=O)N[C@@H](CC(C)C)C(=O)N[C@@H](Cc2ccccc2)C(=O)N1. The maximum Gasteiger partial charge on any atom is 0.243 e. The minimum absolute atomic E-state index is 0.0490. The molecule has 1 fully saturated rings. The van der Waals surface area contributed by atoms with Crippen molar-refractivity contribution in [2.24, 2.45) is 5.92 Å². The summed E-state index contributed by atoms with van der Waals surface area (Å²) in [6.45, 7) is 13.0. The van der Waals surface area contributed by atoms with Crippen molar-refractivity contribution < 1.29 is 24.0 Å². The molecule has 5 amide bonds. The molecular weight excluding hydrogens is 608 g/mol. The van der Waals surface area contributed by atoms with Gasteiger partial charge in [0.2, 0.25) is 29.5 Å². The summed E-state index contributed by atoms with van der Waals surface area (Å²) in [4.78, 5) is 73.0. The molecule has 0 spiro atoms. The molecular formula is C37H50N6O5. The number of benzene rings is 2. The van der Waals surface area contributed by atoms with Gasteiger partial charge in [0.1, 0.15) is 18.1 Å². The molecule has 48 heavy (non-hydrogen) atoms. The highest BCUT2D eigenvalue weighted by atomic mass is 16.2. The standard InChI is InChI=1S/C37H50N6O5/c1-8-27-19-43(32(45)18-28-24(6)39-34-23(5)15-14-22(4)33(28)34)20-31(44)38-25(7)35(46)41-29(16-21(2)3)37(48)42-30(36(47)40-27)17-26-12-10-9-11-13-26/h9-15,21,25,27,29-30,39H,8,16-20H2,1-7H3,(H,38,44)(H,40,47)(H,41,46)(H,42,48)/t25-,27+,29+,30+/m1/s1. The molecule has 1 aliphatic heterocycles. The predicted octanol–water partition coefficient (Wildman–Crippen LogP) is 3.14. The van der Waals surface area contributed by atoms with E-state index in [0.717, 1.165) is 38.9 Å². The minimum atomic E-state index is -0.967. The highest BCUT2D eigenvalue weighted by Gasteiger charge is 2.32. The predicted molar refractivity (Wildman–Crippen MR) is 186 cm³/mol. The van der Waals surface area contributed by atoms with Gasteiger partial charge in [-0.1, -0.05) is 63.2 Å². The molecule has 0 unspecified atom stereocenters. The van der Waals surface area contributed by atoms with Crippen LogP contribution >= 0.6 is 0 Å². The number of fused-ring (bicyclic) bond motifs is 1. The van der Waals surface area contributed by atoms with Crippen LogP contribution in [0.5, 0.6) is 0 Å². The molecule has 4 rings (SSSR count). The fraction of sp³-hybridized carbons (Fsp3) is 0.486. The molecule has 4 atom stereocenters. The van der Waals surface area contributed by atoms with Crippen LogP contribution in [0, 0.1) is 26.7 Å². The minimum Gasteiger partial charge on any atom is -0.358 e. The summed E-state index contributed by atoms with van der Waals surface area (Å²) in [6.07, 6.45) is 1.09. The molecule has 0 bridgehead atoms. The molecule has 11 nitrogen and oxygen atoms in total. The fourth-order valence-electron chi connectivity index (χ4n) is 6.25. The Morgan fingerprint density at radius 1 is 0.854 bits per heavy atom. The van der Waals surface area contributed by atoms with Crippen molar-refractivity contribution in [3.8, 4) is 0 Å². The Labute approximate surface area is 283 Å². The van der Waals surface area contributed by atoms with Gasteiger partial charge in [-0.15, -0.1) is 0 Å². The van der Waals surface area contributed by atoms with Gasteiger partial charge in [-0.2, -0.15) is 0 Å².